The summed E-state index contributed by atoms with van der Waals surface area (Å²) in [5, 5.41) is 0. The summed E-state index contributed by atoms with van der Waals surface area (Å²) >= 11 is 0. The summed E-state index contributed by atoms with van der Waals surface area (Å²) in [5.41, 5.74) is 4.66. The molecule has 0 bridgehead atoms. The fourth-order valence-corrected chi connectivity index (χ4v) is 2.75. The maximum Gasteiger partial charge on any atom is 0.0433 e. The van der Waals surface area contributed by atoms with Gasteiger partial charge in [0.15, 0.2) is 0 Å². The van der Waals surface area contributed by atoms with Crippen molar-refractivity contribution in [3.63, 3.8) is 0 Å². The van der Waals surface area contributed by atoms with E-state index in [1.165, 1.54) is 32.2 Å². The molecule has 0 fully saturated rings. The number of rotatable bonds is 3. The molecule has 0 atom stereocenters. The highest BCUT2D eigenvalue weighted by molar-refractivity contribution is 5.62. The minimum atomic E-state index is 0.622. The summed E-state index contributed by atoms with van der Waals surface area (Å²) in [4.78, 5) is 2.59. The molecule has 0 radical (unpaired) electrons. The molecule has 88 valence electrons. The monoisotopic (exact) mass is 217 g/mol. The van der Waals surface area contributed by atoms with Crippen molar-refractivity contribution in [1.29, 1.82) is 0 Å². The molecule has 0 saturated heterocycles. The third-order valence-corrected chi connectivity index (χ3v) is 3.48. The number of anilines is 1. The van der Waals surface area contributed by atoms with Crippen molar-refractivity contribution >= 4 is 5.69 Å². The SMILES string of the molecule is CCCc1cccc2c1N(C(C)C)CCC2. The zero-order chi connectivity index (χ0) is 11.5. The van der Waals surface area contributed by atoms with Gasteiger partial charge in [-0.1, -0.05) is 31.5 Å². The number of nitrogens with zero attached hydrogens (tertiary/aromatic N) is 1. The summed E-state index contributed by atoms with van der Waals surface area (Å²) in [6.45, 7) is 8.10. The average molecular weight is 217 g/mol. The molecule has 0 unspecified atom stereocenters. The number of aryl methyl sites for hydroxylation is 2. The predicted octanol–water partition coefficient (Wildman–Crippen LogP) is 3.80. The van der Waals surface area contributed by atoms with Crippen LogP contribution in [0, 0.1) is 0 Å². The lowest BCUT2D eigenvalue weighted by atomic mass is 9.94. The third kappa shape index (κ3) is 2.09. The first-order valence-electron chi connectivity index (χ1n) is 6.61. The Morgan fingerprint density at radius 1 is 1.31 bits per heavy atom. The third-order valence-electron chi connectivity index (χ3n) is 3.48. The van der Waals surface area contributed by atoms with Gasteiger partial charge in [0.05, 0.1) is 0 Å². The van der Waals surface area contributed by atoms with Crippen LogP contribution >= 0.6 is 0 Å². The number of fused-ring (bicyclic) bond motifs is 1. The number of hydrogen-bond acceptors (Lipinski definition) is 1. The Hall–Kier alpha value is -0.980. The topological polar surface area (TPSA) is 3.24 Å². The zero-order valence-electron chi connectivity index (χ0n) is 10.8. The molecular weight excluding hydrogens is 194 g/mol. The molecule has 2 rings (SSSR count). The lowest BCUT2D eigenvalue weighted by molar-refractivity contribution is 0.621. The zero-order valence-corrected chi connectivity index (χ0v) is 10.8. The maximum atomic E-state index is 2.59. The normalized spacial score (nSPS) is 15.4. The van der Waals surface area contributed by atoms with Gasteiger partial charge in [0.25, 0.3) is 0 Å². The summed E-state index contributed by atoms with van der Waals surface area (Å²) in [6, 6.07) is 7.47. The molecule has 1 heterocycles. The summed E-state index contributed by atoms with van der Waals surface area (Å²) in [5.74, 6) is 0. The predicted molar refractivity (Wildman–Crippen MR) is 71.2 cm³/mol. The lowest BCUT2D eigenvalue weighted by Crippen LogP contribution is -2.36. The van der Waals surface area contributed by atoms with Gasteiger partial charge in [-0.2, -0.15) is 0 Å². The van der Waals surface area contributed by atoms with Gasteiger partial charge in [-0.15, -0.1) is 0 Å². The van der Waals surface area contributed by atoms with Crippen molar-refractivity contribution in [2.45, 2.75) is 52.5 Å². The molecule has 0 aliphatic carbocycles. The number of para-hydroxylation sites is 1. The second-order valence-electron chi connectivity index (χ2n) is 5.07. The van der Waals surface area contributed by atoms with Crippen LogP contribution in [0.1, 0.15) is 44.7 Å². The Morgan fingerprint density at radius 2 is 2.12 bits per heavy atom. The second kappa shape index (κ2) is 4.90. The van der Waals surface area contributed by atoms with Crippen molar-refractivity contribution in [3.05, 3.63) is 29.3 Å². The highest BCUT2D eigenvalue weighted by Crippen LogP contribution is 2.32. The molecule has 1 aromatic carbocycles. The summed E-state index contributed by atoms with van der Waals surface area (Å²) in [7, 11) is 0. The van der Waals surface area contributed by atoms with Crippen molar-refractivity contribution in [1.82, 2.24) is 0 Å². The van der Waals surface area contributed by atoms with E-state index in [0.717, 1.165) is 0 Å². The Labute approximate surface area is 99.5 Å². The van der Waals surface area contributed by atoms with Crippen LogP contribution in [-0.2, 0) is 12.8 Å². The molecule has 0 aromatic heterocycles. The molecule has 1 aliphatic rings. The van der Waals surface area contributed by atoms with E-state index in [4.69, 9.17) is 0 Å². The maximum absolute atomic E-state index is 2.59. The number of benzene rings is 1. The first-order valence-corrected chi connectivity index (χ1v) is 6.61. The van der Waals surface area contributed by atoms with E-state index in [9.17, 15) is 0 Å². The van der Waals surface area contributed by atoms with Gasteiger partial charge in [-0.05, 0) is 44.2 Å². The minimum Gasteiger partial charge on any atom is -0.369 e. The van der Waals surface area contributed by atoms with Gasteiger partial charge in [0, 0.05) is 18.3 Å². The largest absolute Gasteiger partial charge is 0.369 e. The van der Waals surface area contributed by atoms with Crippen LogP contribution < -0.4 is 4.90 Å². The molecule has 16 heavy (non-hydrogen) atoms. The van der Waals surface area contributed by atoms with E-state index in [0.29, 0.717) is 6.04 Å². The quantitative estimate of drug-likeness (QED) is 0.744. The van der Waals surface area contributed by atoms with Crippen LogP contribution in [0.3, 0.4) is 0 Å². The van der Waals surface area contributed by atoms with Gasteiger partial charge in [0.2, 0.25) is 0 Å². The van der Waals surface area contributed by atoms with E-state index in [1.54, 1.807) is 16.8 Å². The second-order valence-corrected chi connectivity index (χ2v) is 5.07. The highest BCUT2D eigenvalue weighted by atomic mass is 15.2. The van der Waals surface area contributed by atoms with Crippen LogP contribution in [0.4, 0.5) is 5.69 Å². The standard InChI is InChI=1S/C15H23N/c1-4-7-13-8-5-9-14-10-6-11-16(12(2)3)15(13)14/h5,8-9,12H,4,6-7,10-11H2,1-3H3. The van der Waals surface area contributed by atoms with Gasteiger partial charge in [-0.25, -0.2) is 0 Å². The van der Waals surface area contributed by atoms with E-state index in [-0.39, 0.29) is 0 Å². The molecule has 0 saturated carbocycles. The molecule has 0 spiro atoms. The van der Waals surface area contributed by atoms with Gasteiger partial charge >= 0.3 is 0 Å². The van der Waals surface area contributed by atoms with Crippen LogP contribution in [0.15, 0.2) is 18.2 Å². The highest BCUT2D eigenvalue weighted by Gasteiger charge is 2.21. The molecule has 0 amide bonds. The Balaban J connectivity index is 2.42. The molecule has 0 N–H and O–H groups in total. The summed E-state index contributed by atoms with van der Waals surface area (Å²) in [6.07, 6.45) is 5.02. The van der Waals surface area contributed by atoms with E-state index in [2.05, 4.69) is 43.9 Å². The molecule has 1 aliphatic heterocycles. The fraction of sp³-hybridized carbons (Fsp3) is 0.600. The minimum absolute atomic E-state index is 0.622. The van der Waals surface area contributed by atoms with Crippen LogP contribution in [0.2, 0.25) is 0 Å². The van der Waals surface area contributed by atoms with Gasteiger partial charge < -0.3 is 4.90 Å². The summed E-state index contributed by atoms with van der Waals surface area (Å²) < 4.78 is 0. The lowest BCUT2D eigenvalue weighted by Gasteiger charge is -2.36. The molecule has 1 nitrogen and oxygen atoms in total. The van der Waals surface area contributed by atoms with Crippen molar-refractivity contribution < 1.29 is 0 Å². The van der Waals surface area contributed by atoms with E-state index < -0.39 is 0 Å². The van der Waals surface area contributed by atoms with Crippen LogP contribution in [0.5, 0.6) is 0 Å². The van der Waals surface area contributed by atoms with Crippen molar-refractivity contribution in [2.75, 3.05) is 11.4 Å². The first-order chi connectivity index (χ1) is 7.74. The Morgan fingerprint density at radius 3 is 2.81 bits per heavy atom. The molecular formula is C15H23N. The van der Waals surface area contributed by atoms with E-state index >= 15 is 0 Å². The average Bonchev–Trinajstić information content (AvgIpc) is 2.29. The fourth-order valence-electron chi connectivity index (χ4n) is 2.75. The van der Waals surface area contributed by atoms with E-state index in [1.807, 2.05) is 0 Å². The first kappa shape index (κ1) is 11.5. The van der Waals surface area contributed by atoms with Crippen LogP contribution in [-0.4, -0.2) is 12.6 Å². The Bertz CT molecular complexity index is 354. The Kier molecular flexibility index (Phi) is 3.52. The van der Waals surface area contributed by atoms with Gasteiger partial charge in [0.1, 0.15) is 0 Å². The van der Waals surface area contributed by atoms with Crippen molar-refractivity contribution in [3.8, 4) is 0 Å². The molecule has 1 heteroatoms. The number of hydrogen-bond donors (Lipinski definition) is 0. The molecule has 1 aromatic rings. The van der Waals surface area contributed by atoms with Crippen molar-refractivity contribution in [2.24, 2.45) is 0 Å². The van der Waals surface area contributed by atoms with Gasteiger partial charge in [-0.3, -0.25) is 0 Å². The van der Waals surface area contributed by atoms with Crippen LogP contribution in [0.25, 0.3) is 0 Å². The smallest absolute Gasteiger partial charge is 0.0433 e.